The Bertz CT molecular complexity index is 650. The highest BCUT2D eigenvalue weighted by molar-refractivity contribution is 6.31. The molecule has 0 fully saturated rings. The number of benzene rings is 2. The third-order valence-electron chi connectivity index (χ3n) is 3.61. The standard InChI is InChI=1S/C18H22ClNO/c1-11(2)15-9-18(13(4)8-16(15)19)21-17-6-5-14(10-20)7-12(17)3/h5-9,11H,10,20H2,1-4H3. The normalized spacial score (nSPS) is 11.0. The summed E-state index contributed by atoms with van der Waals surface area (Å²) in [6, 6.07) is 10.0. The van der Waals surface area contributed by atoms with Gasteiger partial charge >= 0.3 is 0 Å². The van der Waals surface area contributed by atoms with Crippen LogP contribution in [0.25, 0.3) is 0 Å². The molecule has 0 saturated heterocycles. The van der Waals surface area contributed by atoms with Crippen LogP contribution >= 0.6 is 11.6 Å². The van der Waals surface area contributed by atoms with E-state index in [0.29, 0.717) is 12.5 Å². The number of hydrogen-bond donors (Lipinski definition) is 1. The quantitative estimate of drug-likeness (QED) is 0.828. The molecule has 0 bridgehead atoms. The van der Waals surface area contributed by atoms with Crippen LogP contribution in [0.5, 0.6) is 11.5 Å². The maximum atomic E-state index is 6.30. The van der Waals surface area contributed by atoms with E-state index in [1.54, 1.807) is 0 Å². The molecule has 0 heterocycles. The molecular weight excluding hydrogens is 282 g/mol. The second kappa shape index (κ2) is 6.50. The number of halogens is 1. The molecule has 0 aromatic heterocycles. The van der Waals surface area contributed by atoms with Gasteiger partial charge in [-0.1, -0.05) is 37.6 Å². The second-order valence-corrected chi connectivity index (χ2v) is 6.11. The minimum Gasteiger partial charge on any atom is -0.457 e. The van der Waals surface area contributed by atoms with Crippen LogP contribution in [0, 0.1) is 13.8 Å². The van der Waals surface area contributed by atoms with Gasteiger partial charge in [-0.2, -0.15) is 0 Å². The molecule has 0 aliphatic carbocycles. The van der Waals surface area contributed by atoms with Crippen LogP contribution in [0.4, 0.5) is 0 Å². The Morgan fingerprint density at radius 3 is 2.29 bits per heavy atom. The zero-order chi connectivity index (χ0) is 15.6. The molecule has 0 atom stereocenters. The maximum absolute atomic E-state index is 6.30. The average molecular weight is 304 g/mol. The van der Waals surface area contributed by atoms with Crippen molar-refractivity contribution < 1.29 is 4.74 Å². The van der Waals surface area contributed by atoms with E-state index in [2.05, 4.69) is 19.9 Å². The molecule has 112 valence electrons. The van der Waals surface area contributed by atoms with E-state index in [4.69, 9.17) is 22.1 Å². The van der Waals surface area contributed by atoms with Crippen molar-refractivity contribution in [2.75, 3.05) is 0 Å². The maximum Gasteiger partial charge on any atom is 0.130 e. The second-order valence-electron chi connectivity index (χ2n) is 5.70. The summed E-state index contributed by atoms with van der Waals surface area (Å²) in [5.74, 6) is 2.07. The third-order valence-corrected chi connectivity index (χ3v) is 3.94. The first kappa shape index (κ1) is 15.9. The summed E-state index contributed by atoms with van der Waals surface area (Å²) in [7, 11) is 0. The summed E-state index contributed by atoms with van der Waals surface area (Å²) in [6.07, 6.45) is 0. The molecule has 0 unspecified atom stereocenters. The fraction of sp³-hybridized carbons (Fsp3) is 0.333. The smallest absolute Gasteiger partial charge is 0.130 e. The van der Waals surface area contributed by atoms with Crippen LogP contribution in [0.2, 0.25) is 5.02 Å². The molecule has 0 spiro atoms. The molecule has 0 aliphatic heterocycles. The van der Waals surface area contributed by atoms with Crippen molar-refractivity contribution in [3.05, 3.63) is 57.6 Å². The highest BCUT2D eigenvalue weighted by atomic mass is 35.5. The molecule has 0 saturated carbocycles. The lowest BCUT2D eigenvalue weighted by atomic mass is 10.0. The van der Waals surface area contributed by atoms with Crippen LogP contribution in [0.15, 0.2) is 30.3 Å². The Morgan fingerprint density at radius 2 is 1.71 bits per heavy atom. The summed E-state index contributed by atoms with van der Waals surface area (Å²) < 4.78 is 6.09. The first-order valence-corrected chi connectivity index (χ1v) is 7.57. The Kier molecular flexibility index (Phi) is 4.92. The lowest BCUT2D eigenvalue weighted by molar-refractivity contribution is 0.474. The number of nitrogens with two attached hydrogens (primary N) is 1. The van der Waals surface area contributed by atoms with Gasteiger partial charge < -0.3 is 10.5 Å². The summed E-state index contributed by atoms with van der Waals surface area (Å²) in [5.41, 5.74) is 9.99. The highest BCUT2D eigenvalue weighted by Gasteiger charge is 2.11. The van der Waals surface area contributed by atoms with Gasteiger partial charge in [-0.15, -0.1) is 0 Å². The molecule has 3 heteroatoms. The first-order chi connectivity index (χ1) is 9.92. The molecular formula is C18H22ClNO. The van der Waals surface area contributed by atoms with Gasteiger partial charge in [0.05, 0.1) is 0 Å². The van der Waals surface area contributed by atoms with Gasteiger partial charge in [-0.05, 0) is 60.2 Å². The zero-order valence-electron chi connectivity index (χ0n) is 13.0. The van der Waals surface area contributed by atoms with Gasteiger partial charge in [0.25, 0.3) is 0 Å². The van der Waals surface area contributed by atoms with Gasteiger partial charge in [0.2, 0.25) is 0 Å². The van der Waals surface area contributed by atoms with E-state index in [1.807, 2.05) is 38.1 Å². The monoisotopic (exact) mass is 303 g/mol. The van der Waals surface area contributed by atoms with E-state index < -0.39 is 0 Å². The van der Waals surface area contributed by atoms with E-state index in [0.717, 1.165) is 38.8 Å². The van der Waals surface area contributed by atoms with Crippen LogP contribution in [0.1, 0.15) is 42.0 Å². The predicted molar refractivity (Wildman–Crippen MR) is 89.4 cm³/mol. The van der Waals surface area contributed by atoms with Gasteiger partial charge in [0.1, 0.15) is 11.5 Å². The highest BCUT2D eigenvalue weighted by Crippen LogP contribution is 2.34. The molecule has 21 heavy (non-hydrogen) atoms. The minimum atomic E-state index is 0.362. The van der Waals surface area contributed by atoms with E-state index >= 15 is 0 Å². The lowest BCUT2D eigenvalue weighted by Crippen LogP contribution is -1.98. The van der Waals surface area contributed by atoms with Crippen molar-refractivity contribution in [2.45, 2.75) is 40.2 Å². The third kappa shape index (κ3) is 3.58. The molecule has 0 aliphatic rings. The predicted octanol–water partition coefficient (Wildman–Crippen LogP) is 5.33. The molecule has 0 amide bonds. The summed E-state index contributed by atoms with van der Waals surface area (Å²) >= 11 is 6.30. The average Bonchev–Trinajstić information content (AvgIpc) is 2.43. The van der Waals surface area contributed by atoms with Crippen molar-refractivity contribution in [1.29, 1.82) is 0 Å². The molecule has 0 radical (unpaired) electrons. The SMILES string of the molecule is Cc1cc(CN)ccc1Oc1cc(C(C)C)c(Cl)cc1C. The van der Waals surface area contributed by atoms with Crippen molar-refractivity contribution in [1.82, 2.24) is 0 Å². The van der Waals surface area contributed by atoms with Crippen molar-refractivity contribution >= 4 is 11.6 Å². The van der Waals surface area contributed by atoms with Crippen LogP contribution in [-0.2, 0) is 6.54 Å². The first-order valence-electron chi connectivity index (χ1n) is 7.20. The van der Waals surface area contributed by atoms with Crippen LogP contribution in [-0.4, -0.2) is 0 Å². The molecule has 2 rings (SSSR count). The van der Waals surface area contributed by atoms with Gasteiger partial charge in [0.15, 0.2) is 0 Å². The van der Waals surface area contributed by atoms with Crippen molar-refractivity contribution in [2.24, 2.45) is 5.73 Å². The molecule has 2 nitrogen and oxygen atoms in total. The number of ether oxygens (including phenoxy) is 1. The van der Waals surface area contributed by atoms with E-state index in [1.165, 1.54) is 0 Å². The number of aryl methyl sites for hydroxylation is 2. The minimum absolute atomic E-state index is 0.362. The fourth-order valence-electron chi connectivity index (χ4n) is 2.29. The molecule has 2 aromatic rings. The Balaban J connectivity index is 2.37. The Morgan fingerprint density at radius 1 is 1.05 bits per heavy atom. The number of hydrogen-bond acceptors (Lipinski definition) is 2. The van der Waals surface area contributed by atoms with Crippen LogP contribution < -0.4 is 10.5 Å². The molecule has 2 N–H and O–H groups in total. The zero-order valence-corrected chi connectivity index (χ0v) is 13.8. The van der Waals surface area contributed by atoms with E-state index in [-0.39, 0.29) is 0 Å². The number of rotatable bonds is 4. The van der Waals surface area contributed by atoms with Gasteiger partial charge in [-0.25, -0.2) is 0 Å². The summed E-state index contributed by atoms with van der Waals surface area (Å²) in [6.45, 7) is 8.83. The Labute approximate surface area is 131 Å². The lowest BCUT2D eigenvalue weighted by Gasteiger charge is -2.16. The van der Waals surface area contributed by atoms with Crippen molar-refractivity contribution in [3.63, 3.8) is 0 Å². The van der Waals surface area contributed by atoms with Gasteiger partial charge in [-0.3, -0.25) is 0 Å². The fourth-order valence-corrected chi connectivity index (χ4v) is 2.73. The summed E-state index contributed by atoms with van der Waals surface area (Å²) in [5, 5.41) is 0.796. The van der Waals surface area contributed by atoms with Crippen LogP contribution in [0.3, 0.4) is 0 Å². The van der Waals surface area contributed by atoms with E-state index in [9.17, 15) is 0 Å². The Hall–Kier alpha value is -1.51. The molecule has 2 aromatic carbocycles. The summed E-state index contributed by atoms with van der Waals surface area (Å²) in [4.78, 5) is 0. The van der Waals surface area contributed by atoms with Gasteiger partial charge in [0, 0.05) is 11.6 Å². The largest absolute Gasteiger partial charge is 0.457 e. The van der Waals surface area contributed by atoms with Crippen molar-refractivity contribution in [3.8, 4) is 11.5 Å². The topological polar surface area (TPSA) is 35.2 Å².